The average molecular weight is 313 g/mol. The van der Waals surface area contributed by atoms with Gasteiger partial charge >= 0.3 is 0 Å². The SMILES string of the molecule is CC(F)(F)c1nnc(NC(=O)c2ccc3c(c2)OCO3)s1. The number of carbonyl (C=O) groups excluding carboxylic acids is 1. The van der Waals surface area contributed by atoms with E-state index < -0.39 is 16.8 Å². The van der Waals surface area contributed by atoms with Crippen molar-refractivity contribution in [1.29, 1.82) is 0 Å². The number of hydrogen-bond acceptors (Lipinski definition) is 6. The maximum atomic E-state index is 13.0. The zero-order chi connectivity index (χ0) is 15.0. The van der Waals surface area contributed by atoms with Crippen molar-refractivity contribution < 1.29 is 23.0 Å². The number of nitrogens with zero attached hydrogens (tertiary/aromatic N) is 2. The molecule has 0 saturated heterocycles. The highest BCUT2D eigenvalue weighted by Crippen LogP contribution is 2.33. The molecule has 2 aromatic rings. The van der Waals surface area contributed by atoms with Gasteiger partial charge in [-0.05, 0) is 18.2 Å². The van der Waals surface area contributed by atoms with E-state index in [1.165, 1.54) is 6.07 Å². The Kier molecular flexibility index (Phi) is 3.20. The molecule has 1 N–H and O–H groups in total. The third kappa shape index (κ3) is 2.77. The second kappa shape index (κ2) is 4.92. The predicted molar refractivity (Wildman–Crippen MR) is 70.0 cm³/mol. The molecule has 0 saturated carbocycles. The summed E-state index contributed by atoms with van der Waals surface area (Å²) in [7, 11) is 0. The number of anilines is 1. The summed E-state index contributed by atoms with van der Waals surface area (Å²) in [5.74, 6) is -2.56. The van der Waals surface area contributed by atoms with Crippen LogP contribution in [0.4, 0.5) is 13.9 Å². The molecule has 0 fully saturated rings. The van der Waals surface area contributed by atoms with Gasteiger partial charge in [-0.1, -0.05) is 11.3 Å². The molecule has 1 aromatic heterocycles. The van der Waals surface area contributed by atoms with E-state index in [0.29, 0.717) is 28.4 Å². The van der Waals surface area contributed by atoms with E-state index in [2.05, 4.69) is 15.5 Å². The van der Waals surface area contributed by atoms with Crippen molar-refractivity contribution in [2.75, 3.05) is 12.1 Å². The van der Waals surface area contributed by atoms with Gasteiger partial charge in [0.15, 0.2) is 16.5 Å². The average Bonchev–Trinajstić information content (AvgIpc) is 3.04. The maximum Gasteiger partial charge on any atom is 0.298 e. The molecule has 1 aromatic carbocycles. The smallest absolute Gasteiger partial charge is 0.298 e. The van der Waals surface area contributed by atoms with Crippen molar-refractivity contribution in [3.8, 4) is 11.5 Å². The molecular weight excluding hydrogens is 304 g/mol. The maximum absolute atomic E-state index is 13.0. The van der Waals surface area contributed by atoms with Gasteiger partial charge in [0.25, 0.3) is 11.8 Å². The van der Waals surface area contributed by atoms with Crippen LogP contribution in [0.15, 0.2) is 18.2 Å². The van der Waals surface area contributed by atoms with Crippen LogP contribution >= 0.6 is 11.3 Å². The van der Waals surface area contributed by atoms with Gasteiger partial charge in [-0.15, -0.1) is 10.2 Å². The predicted octanol–water partition coefficient (Wildman–Crippen LogP) is 2.63. The Hall–Kier alpha value is -2.29. The van der Waals surface area contributed by atoms with Crippen molar-refractivity contribution in [2.45, 2.75) is 12.8 Å². The molecule has 0 unspecified atom stereocenters. The lowest BCUT2D eigenvalue weighted by Gasteiger charge is -2.03. The van der Waals surface area contributed by atoms with Crippen molar-refractivity contribution in [3.63, 3.8) is 0 Å². The Labute approximate surface area is 121 Å². The summed E-state index contributed by atoms with van der Waals surface area (Å²) in [6.07, 6.45) is 0. The topological polar surface area (TPSA) is 73.3 Å². The first kappa shape index (κ1) is 13.7. The van der Waals surface area contributed by atoms with Gasteiger partial charge in [0.05, 0.1) is 0 Å². The Morgan fingerprint density at radius 2 is 2.10 bits per heavy atom. The molecule has 0 bridgehead atoms. The summed E-state index contributed by atoms with van der Waals surface area (Å²) in [5, 5.41) is 8.84. The standard InChI is InChI=1S/C12H9F2N3O3S/c1-12(13,14)10-16-17-11(21-10)15-9(18)6-2-3-7-8(4-6)20-5-19-7/h2-4H,5H2,1H3,(H,15,17,18). The second-order valence-electron chi connectivity index (χ2n) is 4.32. The van der Waals surface area contributed by atoms with E-state index in [4.69, 9.17) is 9.47 Å². The van der Waals surface area contributed by atoms with E-state index in [0.717, 1.165) is 6.92 Å². The lowest BCUT2D eigenvalue weighted by molar-refractivity contribution is 0.0165. The number of rotatable bonds is 3. The largest absolute Gasteiger partial charge is 0.454 e. The summed E-state index contributed by atoms with van der Waals surface area (Å²) in [6.45, 7) is 0.822. The monoisotopic (exact) mass is 313 g/mol. The zero-order valence-corrected chi connectivity index (χ0v) is 11.5. The van der Waals surface area contributed by atoms with Crippen molar-refractivity contribution in [1.82, 2.24) is 10.2 Å². The summed E-state index contributed by atoms with van der Waals surface area (Å²) >= 11 is 0.628. The van der Waals surface area contributed by atoms with Gasteiger partial charge in [0, 0.05) is 12.5 Å². The van der Waals surface area contributed by atoms with Crippen LogP contribution in [-0.2, 0) is 5.92 Å². The number of hydrogen-bond donors (Lipinski definition) is 1. The zero-order valence-electron chi connectivity index (χ0n) is 10.7. The third-order valence-corrected chi connectivity index (χ3v) is 3.67. The highest BCUT2D eigenvalue weighted by atomic mass is 32.1. The number of benzene rings is 1. The second-order valence-corrected chi connectivity index (χ2v) is 5.30. The van der Waals surface area contributed by atoms with Crippen LogP contribution in [0.5, 0.6) is 11.5 Å². The lowest BCUT2D eigenvalue weighted by Crippen LogP contribution is -2.11. The van der Waals surface area contributed by atoms with Crippen LogP contribution in [0.1, 0.15) is 22.3 Å². The molecule has 0 atom stereocenters. The number of amides is 1. The van der Waals surface area contributed by atoms with Crippen LogP contribution in [0.2, 0.25) is 0 Å². The molecule has 0 aliphatic carbocycles. The fraction of sp³-hybridized carbons (Fsp3) is 0.250. The quantitative estimate of drug-likeness (QED) is 0.943. The van der Waals surface area contributed by atoms with Gasteiger partial charge in [0.1, 0.15) is 0 Å². The third-order valence-electron chi connectivity index (χ3n) is 2.66. The summed E-state index contributed by atoms with van der Waals surface area (Å²) in [4.78, 5) is 12.0. The fourth-order valence-corrected chi connectivity index (χ4v) is 2.33. The Morgan fingerprint density at radius 3 is 2.81 bits per heavy atom. The van der Waals surface area contributed by atoms with Gasteiger partial charge < -0.3 is 9.47 Å². The molecule has 0 spiro atoms. The Balaban J connectivity index is 1.76. The first-order valence-corrected chi connectivity index (χ1v) is 6.68. The van der Waals surface area contributed by atoms with Crippen molar-refractivity contribution >= 4 is 22.4 Å². The Bertz CT molecular complexity index is 699. The van der Waals surface area contributed by atoms with Crippen LogP contribution in [0.3, 0.4) is 0 Å². The highest BCUT2D eigenvalue weighted by molar-refractivity contribution is 7.15. The van der Waals surface area contributed by atoms with Gasteiger partial charge in [-0.3, -0.25) is 10.1 Å². The molecule has 1 aliphatic heterocycles. The molecule has 1 amide bonds. The van der Waals surface area contributed by atoms with Crippen LogP contribution in [0, 0.1) is 0 Å². The van der Waals surface area contributed by atoms with E-state index in [-0.39, 0.29) is 11.9 Å². The van der Waals surface area contributed by atoms with Crippen LogP contribution < -0.4 is 14.8 Å². The molecule has 110 valence electrons. The molecule has 2 heterocycles. The molecule has 0 radical (unpaired) electrons. The molecule has 6 nitrogen and oxygen atoms in total. The number of ether oxygens (including phenoxy) is 2. The Morgan fingerprint density at radius 1 is 1.33 bits per heavy atom. The summed E-state index contributed by atoms with van der Waals surface area (Å²) in [6, 6.07) is 4.65. The highest BCUT2D eigenvalue weighted by Gasteiger charge is 2.30. The van der Waals surface area contributed by atoms with E-state index in [1.54, 1.807) is 12.1 Å². The molecular formula is C12H9F2N3O3S. The molecule has 21 heavy (non-hydrogen) atoms. The van der Waals surface area contributed by atoms with Crippen molar-refractivity contribution in [2.24, 2.45) is 0 Å². The molecule has 1 aliphatic rings. The van der Waals surface area contributed by atoms with E-state index in [1.807, 2.05) is 0 Å². The summed E-state index contributed by atoms with van der Waals surface area (Å²) < 4.78 is 36.4. The normalized spacial score (nSPS) is 13.3. The number of aromatic nitrogens is 2. The molecule has 3 rings (SSSR count). The van der Waals surface area contributed by atoms with Gasteiger partial charge in [-0.25, -0.2) is 0 Å². The minimum absolute atomic E-state index is 0.00851. The number of halogens is 2. The van der Waals surface area contributed by atoms with E-state index in [9.17, 15) is 13.6 Å². The van der Waals surface area contributed by atoms with E-state index >= 15 is 0 Å². The number of carbonyl (C=O) groups is 1. The number of nitrogens with one attached hydrogen (secondary N) is 1. The number of fused-ring (bicyclic) bond motifs is 1. The molecule has 9 heteroatoms. The van der Waals surface area contributed by atoms with Crippen LogP contribution in [0.25, 0.3) is 0 Å². The lowest BCUT2D eigenvalue weighted by atomic mass is 10.2. The first-order chi connectivity index (χ1) is 9.93. The van der Waals surface area contributed by atoms with Crippen LogP contribution in [-0.4, -0.2) is 22.9 Å². The summed E-state index contributed by atoms with van der Waals surface area (Å²) in [5.41, 5.74) is 0.305. The number of alkyl halides is 2. The minimum atomic E-state index is -3.08. The van der Waals surface area contributed by atoms with Gasteiger partial charge in [-0.2, -0.15) is 8.78 Å². The first-order valence-electron chi connectivity index (χ1n) is 5.86. The minimum Gasteiger partial charge on any atom is -0.454 e. The fourth-order valence-electron chi connectivity index (χ4n) is 1.66. The van der Waals surface area contributed by atoms with Crippen molar-refractivity contribution in [3.05, 3.63) is 28.8 Å². The van der Waals surface area contributed by atoms with Gasteiger partial charge in [0.2, 0.25) is 11.9 Å².